The molecule has 1 heteroatoms. The molecule has 2 aliphatic carbocycles. The van der Waals surface area contributed by atoms with Gasteiger partial charge in [0.15, 0.2) is 0 Å². The summed E-state index contributed by atoms with van der Waals surface area (Å²) in [6.45, 7) is 0. The fourth-order valence-electron chi connectivity index (χ4n) is 2.44. The van der Waals surface area contributed by atoms with E-state index in [4.69, 9.17) is 0 Å². The first-order valence-electron chi connectivity index (χ1n) is 5.43. The van der Waals surface area contributed by atoms with Gasteiger partial charge in [-0.05, 0) is 39.2 Å². The molecule has 0 heterocycles. The molecule has 0 aliphatic heterocycles. The Morgan fingerprint density at radius 3 is 2.25 bits per heavy atom. The van der Waals surface area contributed by atoms with E-state index in [9.17, 15) is 0 Å². The molecule has 2 fully saturated rings. The summed E-state index contributed by atoms with van der Waals surface area (Å²) < 4.78 is 0. The lowest BCUT2D eigenvalue weighted by Gasteiger charge is -2.41. The summed E-state index contributed by atoms with van der Waals surface area (Å²) in [6.07, 6.45) is 12.5. The van der Waals surface area contributed by atoms with Crippen LogP contribution in [0.4, 0.5) is 0 Å². The Hall–Kier alpha value is -0.0400. The Balaban J connectivity index is 1.80. The van der Waals surface area contributed by atoms with E-state index >= 15 is 0 Å². The van der Waals surface area contributed by atoms with E-state index in [2.05, 4.69) is 18.4 Å². The predicted molar refractivity (Wildman–Crippen MR) is 52.0 cm³/mol. The zero-order chi connectivity index (χ0) is 8.39. The van der Waals surface area contributed by atoms with E-state index in [1.54, 1.807) is 0 Å². The summed E-state index contributed by atoms with van der Waals surface area (Å²) >= 11 is 0. The van der Waals surface area contributed by atoms with Crippen LogP contribution in [0.3, 0.4) is 0 Å². The van der Waals surface area contributed by atoms with Crippen LogP contribution in [0.1, 0.15) is 44.9 Å². The third-order valence-electron chi connectivity index (χ3n) is 3.57. The lowest BCUT2D eigenvalue weighted by atomic mass is 9.87. The van der Waals surface area contributed by atoms with Crippen LogP contribution in [-0.2, 0) is 0 Å². The Morgan fingerprint density at radius 2 is 1.75 bits per heavy atom. The molecule has 0 aromatic rings. The Kier molecular flexibility index (Phi) is 2.69. The first kappa shape index (κ1) is 8.55. The van der Waals surface area contributed by atoms with Crippen LogP contribution < -0.4 is 0 Å². The van der Waals surface area contributed by atoms with Crippen LogP contribution >= 0.6 is 0 Å². The summed E-state index contributed by atoms with van der Waals surface area (Å²) in [5.74, 6) is 0. The van der Waals surface area contributed by atoms with Gasteiger partial charge in [-0.15, -0.1) is 0 Å². The molecule has 0 aromatic heterocycles. The summed E-state index contributed by atoms with van der Waals surface area (Å²) in [7, 11) is 2.32. The van der Waals surface area contributed by atoms with E-state index in [0.29, 0.717) is 0 Å². The monoisotopic (exact) mass is 166 g/mol. The van der Waals surface area contributed by atoms with Crippen LogP contribution in [0, 0.1) is 6.42 Å². The van der Waals surface area contributed by atoms with E-state index in [1.807, 2.05) is 0 Å². The van der Waals surface area contributed by atoms with Gasteiger partial charge in [0, 0.05) is 12.1 Å². The molecule has 0 bridgehead atoms. The molecule has 0 N–H and O–H groups in total. The molecule has 2 saturated carbocycles. The third kappa shape index (κ3) is 1.66. The highest BCUT2D eigenvalue weighted by molar-refractivity contribution is 4.96. The number of rotatable bonds is 2. The second kappa shape index (κ2) is 3.78. The topological polar surface area (TPSA) is 3.24 Å². The van der Waals surface area contributed by atoms with E-state index < -0.39 is 0 Å². The highest BCUT2D eigenvalue weighted by Crippen LogP contribution is 2.29. The van der Waals surface area contributed by atoms with Crippen molar-refractivity contribution in [1.82, 2.24) is 4.90 Å². The van der Waals surface area contributed by atoms with Crippen molar-refractivity contribution in [3.63, 3.8) is 0 Å². The normalized spacial score (nSPS) is 27.5. The Bertz CT molecular complexity index is 134. The van der Waals surface area contributed by atoms with Crippen LogP contribution in [0.25, 0.3) is 0 Å². The molecule has 1 nitrogen and oxygen atoms in total. The molecule has 2 rings (SSSR count). The second-order valence-electron chi connectivity index (χ2n) is 4.34. The highest BCUT2D eigenvalue weighted by Gasteiger charge is 2.28. The lowest BCUT2D eigenvalue weighted by molar-refractivity contribution is 0.122. The van der Waals surface area contributed by atoms with Crippen molar-refractivity contribution in [2.75, 3.05) is 7.05 Å². The quantitative estimate of drug-likeness (QED) is 0.609. The third-order valence-corrected chi connectivity index (χ3v) is 3.57. The van der Waals surface area contributed by atoms with E-state index in [1.165, 1.54) is 44.9 Å². The van der Waals surface area contributed by atoms with Gasteiger partial charge in [0.1, 0.15) is 0 Å². The Morgan fingerprint density at radius 1 is 1.08 bits per heavy atom. The van der Waals surface area contributed by atoms with Gasteiger partial charge in [0.2, 0.25) is 0 Å². The van der Waals surface area contributed by atoms with Gasteiger partial charge in [-0.1, -0.05) is 19.3 Å². The van der Waals surface area contributed by atoms with Crippen molar-refractivity contribution >= 4 is 0 Å². The van der Waals surface area contributed by atoms with E-state index in [-0.39, 0.29) is 0 Å². The van der Waals surface area contributed by atoms with Crippen LogP contribution in [-0.4, -0.2) is 24.0 Å². The molecule has 2 aliphatic rings. The first-order chi connectivity index (χ1) is 5.88. The molecule has 0 saturated heterocycles. The van der Waals surface area contributed by atoms with Gasteiger partial charge in [-0.25, -0.2) is 0 Å². The molecule has 0 amide bonds. The van der Waals surface area contributed by atoms with E-state index in [0.717, 1.165) is 12.1 Å². The van der Waals surface area contributed by atoms with Crippen molar-refractivity contribution in [2.45, 2.75) is 57.0 Å². The lowest BCUT2D eigenvalue weighted by Crippen LogP contribution is -2.45. The van der Waals surface area contributed by atoms with Crippen LogP contribution in [0.5, 0.6) is 0 Å². The minimum atomic E-state index is 0.827. The summed E-state index contributed by atoms with van der Waals surface area (Å²) in [5.41, 5.74) is 0. The molecular weight excluding hydrogens is 146 g/mol. The maximum Gasteiger partial charge on any atom is 0.0127 e. The average molecular weight is 166 g/mol. The number of hydrogen-bond donors (Lipinski definition) is 0. The molecule has 1 radical (unpaired) electrons. The van der Waals surface area contributed by atoms with Crippen LogP contribution in [0.2, 0.25) is 0 Å². The van der Waals surface area contributed by atoms with Gasteiger partial charge in [0.05, 0.1) is 0 Å². The van der Waals surface area contributed by atoms with Crippen LogP contribution in [0.15, 0.2) is 0 Å². The number of hydrogen-bond acceptors (Lipinski definition) is 1. The zero-order valence-electron chi connectivity index (χ0n) is 8.13. The second-order valence-corrected chi connectivity index (χ2v) is 4.34. The summed E-state index contributed by atoms with van der Waals surface area (Å²) in [5, 5.41) is 0. The zero-order valence-corrected chi connectivity index (χ0v) is 8.13. The average Bonchev–Trinajstić information content (AvgIpc) is 2.03. The van der Waals surface area contributed by atoms with Crippen molar-refractivity contribution in [3.05, 3.63) is 6.42 Å². The fourth-order valence-corrected chi connectivity index (χ4v) is 2.44. The highest BCUT2D eigenvalue weighted by atomic mass is 15.2. The molecule has 1 atom stereocenters. The van der Waals surface area contributed by atoms with Gasteiger partial charge in [-0.2, -0.15) is 0 Å². The molecule has 0 spiro atoms. The predicted octanol–water partition coefficient (Wildman–Crippen LogP) is 2.62. The molecule has 69 valence electrons. The van der Waals surface area contributed by atoms with Gasteiger partial charge in [0.25, 0.3) is 0 Å². The maximum atomic E-state index is 2.61. The van der Waals surface area contributed by atoms with Crippen molar-refractivity contribution in [1.29, 1.82) is 0 Å². The molecule has 0 aromatic carbocycles. The fraction of sp³-hybridized carbons (Fsp3) is 0.909. The van der Waals surface area contributed by atoms with Crippen molar-refractivity contribution in [2.24, 2.45) is 0 Å². The maximum absolute atomic E-state index is 2.61. The minimum absolute atomic E-state index is 0.827. The van der Waals surface area contributed by atoms with Crippen molar-refractivity contribution < 1.29 is 0 Å². The number of nitrogens with zero attached hydrogens (tertiary/aromatic N) is 1. The van der Waals surface area contributed by atoms with Crippen molar-refractivity contribution in [3.8, 4) is 0 Å². The summed E-state index contributed by atoms with van der Waals surface area (Å²) in [4.78, 5) is 2.61. The van der Waals surface area contributed by atoms with Gasteiger partial charge >= 0.3 is 0 Å². The molecular formula is C11H20N. The molecule has 12 heavy (non-hydrogen) atoms. The standard InChI is InChI=1S/C11H20N/c1-12(11-8-5-9-11)10-6-3-2-4-7-10/h8,10-11H,2-7,9H2,1H3. The first-order valence-corrected chi connectivity index (χ1v) is 5.43. The summed E-state index contributed by atoms with van der Waals surface area (Å²) in [6, 6.07) is 1.73. The van der Waals surface area contributed by atoms with Gasteiger partial charge < -0.3 is 4.90 Å². The van der Waals surface area contributed by atoms with Gasteiger partial charge in [-0.3, -0.25) is 0 Å². The SMILES string of the molecule is CN(C1[CH]CC1)C1CCCCC1. The smallest absolute Gasteiger partial charge is 0.0127 e. The Labute approximate surface area is 76.1 Å². The largest absolute Gasteiger partial charge is 0.300 e. The molecule has 1 unspecified atom stereocenters. The minimum Gasteiger partial charge on any atom is -0.300 e.